The van der Waals surface area contributed by atoms with Crippen LogP contribution in [0.15, 0.2) is 41.9 Å². The molecule has 2 atom stereocenters. The van der Waals surface area contributed by atoms with Gasteiger partial charge in [0, 0.05) is 23.3 Å². The van der Waals surface area contributed by atoms with Gasteiger partial charge in [0.1, 0.15) is 0 Å². The molecule has 1 aromatic rings. The van der Waals surface area contributed by atoms with Gasteiger partial charge in [0.2, 0.25) is 0 Å². The minimum Gasteiger partial charge on any atom is -0.352 e. The van der Waals surface area contributed by atoms with Crippen molar-refractivity contribution in [3.05, 3.63) is 42.5 Å². The number of nitrogens with two attached hydrogens (primary N) is 1. The second kappa shape index (κ2) is 8.48. The molecule has 2 rings (SSSR count). The minimum atomic E-state index is 0.0421. The Hall–Kier alpha value is -2.14. The Labute approximate surface area is 138 Å². The number of anilines is 1. The highest BCUT2D eigenvalue weighted by atomic mass is 16.1. The van der Waals surface area contributed by atoms with Gasteiger partial charge in [-0.1, -0.05) is 31.1 Å². The molecule has 23 heavy (non-hydrogen) atoms. The van der Waals surface area contributed by atoms with Crippen molar-refractivity contribution in [1.82, 2.24) is 5.32 Å². The van der Waals surface area contributed by atoms with Crippen LogP contribution in [0.4, 0.5) is 5.69 Å². The maximum Gasteiger partial charge on any atom is 0.196 e. The van der Waals surface area contributed by atoms with Gasteiger partial charge >= 0.3 is 0 Å². The molecule has 0 saturated heterocycles. The second-order valence-electron chi connectivity index (χ2n) is 5.94. The van der Waals surface area contributed by atoms with E-state index in [1.54, 1.807) is 19.1 Å². The Balaban J connectivity index is 2.10. The fourth-order valence-electron chi connectivity index (χ4n) is 2.74. The van der Waals surface area contributed by atoms with Crippen molar-refractivity contribution in [2.75, 3.05) is 11.9 Å². The summed E-state index contributed by atoms with van der Waals surface area (Å²) in [5.41, 5.74) is 7.71. The molecule has 1 aromatic carbocycles. The first-order valence-electron chi connectivity index (χ1n) is 8.15. The molecule has 0 heterocycles. The van der Waals surface area contributed by atoms with Crippen molar-refractivity contribution >= 4 is 17.4 Å². The van der Waals surface area contributed by atoms with Crippen LogP contribution >= 0.6 is 0 Å². The number of hydrogen-bond donors (Lipinski definition) is 3. The van der Waals surface area contributed by atoms with Crippen LogP contribution in [0, 0.1) is 0 Å². The Kier molecular flexibility index (Phi) is 6.35. The molecule has 0 bridgehead atoms. The fraction of sp³-hybridized carbons (Fsp3) is 0.444. The topological polar surface area (TPSA) is 79.5 Å². The molecule has 1 aliphatic carbocycles. The van der Waals surface area contributed by atoms with Gasteiger partial charge in [-0.25, -0.2) is 4.99 Å². The summed E-state index contributed by atoms with van der Waals surface area (Å²) in [6, 6.07) is 7.76. The summed E-state index contributed by atoms with van der Waals surface area (Å²) in [7, 11) is 0. The molecule has 124 valence electrons. The van der Waals surface area contributed by atoms with E-state index in [1.807, 2.05) is 18.2 Å². The summed E-state index contributed by atoms with van der Waals surface area (Å²) in [5.74, 6) is 0.716. The van der Waals surface area contributed by atoms with E-state index in [0.29, 0.717) is 18.1 Å². The third kappa shape index (κ3) is 5.21. The number of benzene rings is 1. The van der Waals surface area contributed by atoms with E-state index in [2.05, 4.69) is 22.2 Å². The Morgan fingerprint density at radius 2 is 2.22 bits per heavy atom. The average molecular weight is 314 g/mol. The molecule has 1 saturated carbocycles. The van der Waals surface area contributed by atoms with Crippen LogP contribution in [-0.2, 0) is 0 Å². The molecule has 4 N–H and O–H groups in total. The first kappa shape index (κ1) is 17.2. The van der Waals surface area contributed by atoms with Crippen LogP contribution in [0.2, 0.25) is 0 Å². The molecule has 5 heteroatoms. The van der Waals surface area contributed by atoms with Crippen molar-refractivity contribution in [2.24, 2.45) is 10.7 Å². The molecule has 1 fully saturated rings. The smallest absolute Gasteiger partial charge is 0.196 e. The summed E-state index contributed by atoms with van der Waals surface area (Å²) in [4.78, 5) is 16.0. The first-order valence-corrected chi connectivity index (χ1v) is 8.15. The third-order valence-corrected chi connectivity index (χ3v) is 4.05. The van der Waals surface area contributed by atoms with Gasteiger partial charge in [0.15, 0.2) is 11.7 Å². The van der Waals surface area contributed by atoms with Gasteiger partial charge in [-0.05, 0) is 31.9 Å². The van der Waals surface area contributed by atoms with E-state index in [1.165, 1.54) is 12.8 Å². The predicted molar refractivity (Wildman–Crippen MR) is 95.9 cm³/mol. The monoisotopic (exact) mass is 314 g/mol. The van der Waals surface area contributed by atoms with Crippen LogP contribution in [0.1, 0.15) is 43.0 Å². The van der Waals surface area contributed by atoms with Crippen LogP contribution in [0.5, 0.6) is 0 Å². The maximum atomic E-state index is 11.5. The van der Waals surface area contributed by atoms with E-state index in [-0.39, 0.29) is 17.9 Å². The number of guanidine groups is 1. The second-order valence-corrected chi connectivity index (χ2v) is 5.94. The number of carbonyl (C=O) groups is 1. The zero-order chi connectivity index (χ0) is 16.7. The number of ketones is 1. The summed E-state index contributed by atoms with van der Waals surface area (Å²) in [6.45, 7) is 5.78. The Morgan fingerprint density at radius 3 is 2.91 bits per heavy atom. The lowest BCUT2D eigenvalue weighted by atomic mass is 9.91. The highest BCUT2D eigenvalue weighted by molar-refractivity contribution is 5.98. The van der Waals surface area contributed by atoms with Crippen LogP contribution in [0.25, 0.3) is 0 Å². The van der Waals surface area contributed by atoms with E-state index >= 15 is 0 Å². The van der Waals surface area contributed by atoms with Gasteiger partial charge in [-0.15, -0.1) is 6.58 Å². The number of carbonyl (C=O) groups excluding carboxylic acids is 1. The van der Waals surface area contributed by atoms with Crippen molar-refractivity contribution in [3.63, 3.8) is 0 Å². The summed E-state index contributed by atoms with van der Waals surface area (Å²) >= 11 is 0. The normalized spacial score (nSPS) is 21.6. The molecule has 0 radical (unpaired) electrons. The van der Waals surface area contributed by atoms with Crippen LogP contribution < -0.4 is 16.4 Å². The van der Waals surface area contributed by atoms with E-state index in [9.17, 15) is 4.79 Å². The van der Waals surface area contributed by atoms with Gasteiger partial charge in [0.25, 0.3) is 0 Å². The Morgan fingerprint density at radius 1 is 1.43 bits per heavy atom. The summed E-state index contributed by atoms with van der Waals surface area (Å²) in [6.07, 6.45) is 6.19. The van der Waals surface area contributed by atoms with Crippen molar-refractivity contribution in [1.29, 1.82) is 0 Å². The standard InChI is InChI=1S/C18H26N4O/c1-3-11-20-18(22-17-10-5-4-9-16(17)19)21-15-8-6-7-14(12-15)13(2)23/h3,6-8,12,16-17H,1,4-5,9-11,19H2,2H3,(H2,20,21,22)/t16-,17-/m0/s1. The fourth-order valence-corrected chi connectivity index (χ4v) is 2.74. The highest BCUT2D eigenvalue weighted by Gasteiger charge is 2.22. The third-order valence-electron chi connectivity index (χ3n) is 4.05. The maximum absolute atomic E-state index is 11.5. The minimum absolute atomic E-state index is 0.0421. The molecule has 0 aromatic heterocycles. The molecule has 5 nitrogen and oxygen atoms in total. The lowest BCUT2D eigenvalue weighted by Gasteiger charge is -2.30. The molecular weight excluding hydrogens is 288 g/mol. The summed E-state index contributed by atoms with van der Waals surface area (Å²) in [5, 5.41) is 6.68. The zero-order valence-corrected chi connectivity index (χ0v) is 13.7. The molecule has 1 aliphatic rings. The number of nitrogens with zero attached hydrogens (tertiary/aromatic N) is 1. The van der Waals surface area contributed by atoms with Crippen LogP contribution in [-0.4, -0.2) is 30.4 Å². The Bertz CT molecular complexity index is 582. The predicted octanol–water partition coefficient (Wildman–Crippen LogP) is 2.70. The van der Waals surface area contributed by atoms with Gasteiger partial charge in [0.05, 0.1) is 6.54 Å². The average Bonchev–Trinajstić information content (AvgIpc) is 2.55. The number of nitrogens with one attached hydrogen (secondary N) is 2. The van der Waals surface area contributed by atoms with E-state index < -0.39 is 0 Å². The number of aliphatic imine (C=N–C) groups is 1. The zero-order valence-electron chi connectivity index (χ0n) is 13.7. The van der Waals surface area contributed by atoms with Gasteiger partial charge in [-0.2, -0.15) is 0 Å². The molecule has 0 aliphatic heterocycles. The van der Waals surface area contributed by atoms with Crippen molar-refractivity contribution in [2.45, 2.75) is 44.7 Å². The van der Waals surface area contributed by atoms with Crippen LogP contribution in [0.3, 0.4) is 0 Å². The number of hydrogen-bond acceptors (Lipinski definition) is 3. The van der Waals surface area contributed by atoms with E-state index in [0.717, 1.165) is 18.5 Å². The van der Waals surface area contributed by atoms with Crippen molar-refractivity contribution < 1.29 is 4.79 Å². The van der Waals surface area contributed by atoms with Crippen molar-refractivity contribution in [3.8, 4) is 0 Å². The highest BCUT2D eigenvalue weighted by Crippen LogP contribution is 2.17. The molecule has 0 spiro atoms. The first-order chi connectivity index (χ1) is 11.1. The van der Waals surface area contributed by atoms with Gasteiger partial charge < -0.3 is 16.4 Å². The number of rotatable bonds is 5. The number of Topliss-reactive ketones (excluding diaryl/α,β-unsaturated/α-hetero) is 1. The van der Waals surface area contributed by atoms with Gasteiger partial charge in [-0.3, -0.25) is 4.79 Å². The van der Waals surface area contributed by atoms with E-state index in [4.69, 9.17) is 5.73 Å². The molecule has 0 unspecified atom stereocenters. The lowest BCUT2D eigenvalue weighted by molar-refractivity contribution is 0.101. The molecule has 0 amide bonds. The SMILES string of the molecule is C=CCN=C(Nc1cccc(C(C)=O)c1)N[C@H]1CCCC[C@@H]1N. The largest absolute Gasteiger partial charge is 0.352 e. The summed E-state index contributed by atoms with van der Waals surface area (Å²) < 4.78 is 0. The quantitative estimate of drug-likeness (QED) is 0.338. The molecular formula is C18H26N4O. The lowest BCUT2D eigenvalue weighted by Crippen LogP contribution is -2.51.